The molecule has 3 fully saturated rings. The van der Waals surface area contributed by atoms with Gasteiger partial charge in [0.1, 0.15) is 6.04 Å². The van der Waals surface area contributed by atoms with Crippen LogP contribution in [0.15, 0.2) is 0 Å². The number of nitrogens with zero attached hydrogens (tertiary/aromatic N) is 1. The van der Waals surface area contributed by atoms with Gasteiger partial charge in [-0.3, -0.25) is 9.59 Å². The van der Waals surface area contributed by atoms with Crippen LogP contribution in [0.1, 0.15) is 32.1 Å². The van der Waals surface area contributed by atoms with Crippen LogP contribution in [0.25, 0.3) is 0 Å². The van der Waals surface area contributed by atoms with Crippen molar-refractivity contribution in [1.82, 2.24) is 15.5 Å². The summed E-state index contributed by atoms with van der Waals surface area (Å²) in [6.07, 6.45) is 5.88. The van der Waals surface area contributed by atoms with Crippen LogP contribution in [-0.4, -0.2) is 53.0 Å². The van der Waals surface area contributed by atoms with Gasteiger partial charge in [0.2, 0.25) is 5.91 Å². The number of thioether (sulfide) groups is 1. The average Bonchev–Trinajstić information content (AvgIpc) is 3.18. The lowest BCUT2D eigenvalue weighted by Crippen LogP contribution is -2.52. The van der Waals surface area contributed by atoms with Gasteiger partial charge < -0.3 is 15.5 Å². The molecule has 2 atom stereocenters. The number of nitrogens with one attached hydrogen (secondary N) is 2. The van der Waals surface area contributed by atoms with Gasteiger partial charge in [-0.25, -0.2) is 0 Å². The van der Waals surface area contributed by atoms with Crippen LogP contribution >= 0.6 is 11.8 Å². The zero-order valence-electron chi connectivity index (χ0n) is 11.1. The second kappa shape index (κ2) is 5.71. The van der Waals surface area contributed by atoms with E-state index in [1.54, 1.807) is 0 Å². The summed E-state index contributed by atoms with van der Waals surface area (Å²) < 4.78 is 0. The second-order valence-corrected chi connectivity index (χ2v) is 6.66. The van der Waals surface area contributed by atoms with Crippen LogP contribution in [0.2, 0.25) is 0 Å². The summed E-state index contributed by atoms with van der Waals surface area (Å²) in [5.41, 5.74) is 0. The first kappa shape index (κ1) is 13.2. The summed E-state index contributed by atoms with van der Waals surface area (Å²) >= 11 is 1.22. The molecule has 2 N–H and O–H groups in total. The fourth-order valence-electron chi connectivity index (χ4n) is 2.84. The molecule has 5 nitrogen and oxygen atoms in total. The van der Waals surface area contributed by atoms with Gasteiger partial charge in [-0.15, -0.1) is 0 Å². The molecule has 1 saturated carbocycles. The highest BCUT2D eigenvalue weighted by molar-refractivity contribution is 8.14. The zero-order valence-corrected chi connectivity index (χ0v) is 11.9. The molecule has 2 saturated heterocycles. The number of hydrogen-bond donors (Lipinski definition) is 2. The van der Waals surface area contributed by atoms with Gasteiger partial charge in [-0.05, 0) is 32.2 Å². The molecule has 3 rings (SSSR count). The van der Waals surface area contributed by atoms with Crippen molar-refractivity contribution in [2.24, 2.45) is 0 Å². The number of hydrogen-bond acceptors (Lipinski definition) is 4. The van der Waals surface area contributed by atoms with E-state index in [-0.39, 0.29) is 17.2 Å². The van der Waals surface area contributed by atoms with Crippen molar-refractivity contribution in [3.63, 3.8) is 0 Å². The van der Waals surface area contributed by atoms with Crippen molar-refractivity contribution in [2.75, 3.05) is 18.8 Å². The van der Waals surface area contributed by atoms with Gasteiger partial charge >= 0.3 is 0 Å². The second-order valence-electron chi connectivity index (χ2n) is 5.66. The summed E-state index contributed by atoms with van der Waals surface area (Å²) in [6, 6.07) is 0.545. The lowest BCUT2D eigenvalue weighted by atomic mass is 10.0. The van der Waals surface area contributed by atoms with Crippen molar-refractivity contribution < 1.29 is 9.59 Å². The van der Waals surface area contributed by atoms with Crippen LogP contribution in [0.4, 0.5) is 4.79 Å². The highest BCUT2D eigenvalue weighted by Gasteiger charge is 2.39. The summed E-state index contributed by atoms with van der Waals surface area (Å²) in [5, 5.41) is 6.20. The molecule has 0 aromatic rings. The van der Waals surface area contributed by atoms with Crippen molar-refractivity contribution in [1.29, 1.82) is 0 Å². The highest BCUT2D eigenvalue weighted by atomic mass is 32.2. The molecule has 0 aromatic heterocycles. The first-order chi connectivity index (χ1) is 9.24. The SMILES string of the molecule is O=C1NC(C(=O)N(CC2CCCCN2)C2CC2)CS1. The lowest BCUT2D eigenvalue weighted by Gasteiger charge is -2.32. The Morgan fingerprint density at radius 3 is 2.74 bits per heavy atom. The molecule has 0 aromatic carbocycles. The Labute approximate surface area is 117 Å². The molecule has 2 aliphatic heterocycles. The third-order valence-corrected chi connectivity index (χ3v) is 4.95. The summed E-state index contributed by atoms with van der Waals surface area (Å²) in [5.74, 6) is 0.701. The van der Waals surface area contributed by atoms with Gasteiger partial charge in [-0.2, -0.15) is 0 Å². The van der Waals surface area contributed by atoms with E-state index in [1.807, 2.05) is 4.90 Å². The number of piperidine rings is 1. The van der Waals surface area contributed by atoms with Crippen LogP contribution in [0.5, 0.6) is 0 Å². The molecule has 6 heteroatoms. The molecule has 2 amide bonds. The molecule has 0 spiro atoms. The number of carbonyl (C=O) groups is 2. The van der Waals surface area contributed by atoms with Crippen LogP contribution < -0.4 is 10.6 Å². The van der Waals surface area contributed by atoms with E-state index < -0.39 is 0 Å². The first-order valence-corrected chi connectivity index (χ1v) is 8.20. The molecular formula is C13H21N3O2S. The summed E-state index contributed by atoms with van der Waals surface area (Å²) in [6.45, 7) is 1.87. The Morgan fingerprint density at radius 1 is 1.32 bits per heavy atom. The third kappa shape index (κ3) is 3.23. The normalized spacial score (nSPS) is 31.1. The molecule has 1 aliphatic carbocycles. The topological polar surface area (TPSA) is 61.4 Å². The molecule has 19 heavy (non-hydrogen) atoms. The quantitative estimate of drug-likeness (QED) is 0.806. The van der Waals surface area contributed by atoms with E-state index in [1.165, 1.54) is 24.6 Å². The van der Waals surface area contributed by atoms with Gasteiger partial charge in [0.15, 0.2) is 0 Å². The lowest BCUT2D eigenvalue weighted by molar-refractivity contribution is -0.133. The predicted octanol–water partition coefficient (Wildman–Crippen LogP) is 0.944. The van der Waals surface area contributed by atoms with E-state index in [9.17, 15) is 9.59 Å². The highest BCUT2D eigenvalue weighted by Crippen LogP contribution is 2.29. The minimum atomic E-state index is -0.304. The Balaban J connectivity index is 1.60. The average molecular weight is 283 g/mol. The molecule has 2 unspecified atom stereocenters. The minimum absolute atomic E-state index is 0.0649. The monoisotopic (exact) mass is 283 g/mol. The maximum Gasteiger partial charge on any atom is 0.279 e. The Bertz CT molecular complexity index is 367. The smallest absolute Gasteiger partial charge is 0.279 e. The number of rotatable bonds is 4. The van der Waals surface area contributed by atoms with Gasteiger partial charge in [0.25, 0.3) is 5.24 Å². The van der Waals surface area contributed by atoms with Crippen LogP contribution in [-0.2, 0) is 4.79 Å². The molecule has 0 bridgehead atoms. The Morgan fingerprint density at radius 2 is 2.16 bits per heavy atom. The van der Waals surface area contributed by atoms with Gasteiger partial charge in [-0.1, -0.05) is 18.2 Å². The summed E-state index contributed by atoms with van der Waals surface area (Å²) in [4.78, 5) is 25.8. The largest absolute Gasteiger partial charge is 0.336 e. The third-order valence-electron chi connectivity index (χ3n) is 4.07. The Kier molecular flexibility index (Phi) is 3.98. The van der Waals surface area contributed by atoms with E-state index in [4.69, 9.17) is 0 Å². The van der Waals surface area contributed by atoms with E-state index >= 15 is 0 Å². The maximum atomic E-state index is 12.5. The standard InChI is InChI=1S/C13H21N3O2S/c17-12(11-8-19-13(18)15-11)16(10-4-5-10)7-9-3-1-2-6-14-9/h9-11,14H,1-8H2,(H,15,18). The molecule has 2 heterocycles. The fraction of sp³-hybridized carbons (Fsp3) is 0.846. The first-order valence-electron chi connectivity index (χ1n) is 7.21. The number of amides is 2. The molecule has 0 radical (unpaired) electrons. The zero-order chi connectivity index (χ0) is 13.2. The predicted molar refractivity (Wildman–Crippen MR) is 75.2 cm³/mol. The van der Waals surface area contributed by atoms with E-state index in [0.29, 0.717) is 17.8 Å². The van der Waals surface area contributed by atoms with Crippen molar-refractivity contribution >= 4 is 22.9 Å². The van der Waals surface area contributed by atoms with Crippen LogP contribution in [0, 0.1) is 0 Å². The van der Waals surface area contributed by atoms with Crippen molar-refractivity contribution in [2.45, 2.75) is 50.2 Å². The van der Waals surface area contributed by atoms with E-state index in [0.717, 1.165) is 32.4 Å². The molecule has 106 valence electrons. The van der Waals surface area contributed by atoms with Gasteiger partial charge in [0, 0.05) is 24.4 Å². The maximum absolute atomic E-state index is 12.5. The molecular weight excluding hydrogens is 262 g/mol. The molecule has 3 aliphatic rings. The minimum Gasteiger partial charge on any atom is -0.336 e. The van der Waals surface area contributed by atoms with Crippen LogP contribution in [0.3, 0.4) is 0 Å². The van der Waals surface area contributed by atoms with Gasteiger partial charge in [0.05, 0.1) is 0 Å². The fourth-order valence-corrected chi connectivity index (χ4v) is 3.61. The van der Waals surface area contributed by atoms with Crippen molar-refractivity contribution in [3.8, 4) is 0 Å². The Hall–Kier alpha value is -0.750. The van der Waals surface area contributed by atoms with E-state index in [2.05, 4.69) is 10.6 Å². The summed E-state index contributed by atoms with van der Waals surface area (Å²) in [7, 11) is 0. The van der Waals surface area contributed by atoms with Crippen molar-refractivity contribution in [3.05, 3.63) is 0 Å². The number of carbonyl (C=O) groups excluding carboxylic acids is 2.